The molecule has 4 rings (SSSR count). The third kappa shape index (κ3) is 1.71. The molecule has 4 aromatic carbocycles. The molecule has 0 aromatic heterocycles. The Morgan fingerprint density at radius 2 is 0.900 bits per heavy atom. The lowest BCUT2D eigenvalue weighted by Crippen LogP contribution is -1.82. The van der Waals surface area contributed by atoms with Crippen LogP contribution in [0.1, 0.15) is 0 Å². The lowest BCUT2D eigenvalue weighted by molar-refractivity contribution is 0.476. The van der Waals surface area contributed by atoms with Crippen LogP contribution in [-0.2, 0) is 0 Å². The minimum Gasteiger partial charge on any atom is -0.508 e. The summed E-state index contributed by atoms with van der Waals surface area (Å²) in [4.78, 5) is 0. The first-order chi connectivity index (χ1) is 9.34. The van der Waals surface area contributed by atoms with Crippen LogP contribution in [0.2, 0.25) is 0 Å². The third-order valence-electron chi connectivity index (χ3n) is 3.73. The van der Waals surface area contributed by atoms with Crippen molar-refractivity contribution in [3.05, 3.63) is 66.7 Å². The van der Waals surface area contributed by atoms with Crippen molar-refractivity contribution in [1.82, 2.24) is 0 Å². The first kappa shape index (κ1) is 12.8. The summed E-state index contributed by atoms with van der Waals surface area (Å²) in [6.45, 7) is 0. The smallest absolute Gasteiger partial charge is 0.116 e. The molecule has 1 N–H and O–H groups in total. The summed E-state index contributed by atoms with van der Waals surface area (Å²) in [6, 6.07) is 22.4. The normalized spacial score (nSPS) is 10.8. The van der Waals surface area contributed by atoms with Crippen molar-refractivity contribution in [3.8, 4) is 5.75 Å². The molecule has 0 spiro atoms. The van der Waals surface area contributed by atoms with Gasteiger partial charge in [0.25, 0.3) is 0 Å². The maximum Gasteiger partial charge on any atom is 0.116 e. The third-order valence-corrected chi connectivity index (χ3v) is 3.73. The van der Waals surface area contributed by atoms with E-state index in [9.17, 15) is 5.11 Å². The molecular weight excluding hydrogens is 268 g/mol. The minimum absolute atomic E-state index is 0. The first-order valence-electron chi connectivity index (χ1n) is 6.37. The number of hydrogen-bond acceptors (Lipinski definition) is 1. The van der Waals surface area contributed by atoms with Gasteiger partial charge in [-0.3, -0.25) is 0 Å². The fourth-order valence-electron chi connectivity index (χ4n) is 2.90. The molecule has 0 fully saturated rings. The Balaban J connectivity index is 0.00000121. The molecule has 0 atom stereocenters. The van der Waals surface area contributed by atoms with Crippen molar-refractivity contribution >= 4 is 44.7 Å². The quantitative estimate of drug-likeness (QED) is 0.435. The average Bonchev–Trinajstić information content (AvgIpc) is 2.47. The van der Waals surface area contributed by atoms with Crippen LogP contribution in [0.25, 0.3) is 32.3 Å². The van der Waals surface area contributed by atoms with Crippen molar-refractivity contribution in [3.63, 3.8) is 0 Å². The molecule has 1 nitrogen and oxygen atoms in total. The number of phenolic OH excluding ortho intramolecular Hbond substituents is 1. The molecule has 2 heteroatoms. The van der Waals surface area contributed by atoms with E-state index in [1.54, 1.807) is 6.07 Å². The van der Waals surface area contributed by atoms with Gasteiger partial charge in [0.05, 0.1) is 0 Å². The summed E-state index contributed by atoms with van der Waals surface area (Å²) < 4.78 is 0. The highest BCUT2D eigenvalue weighted by atomic mass is 35.5. The van der Waals surface area contributed by atoms with E-state index in [1.807, 2.05) is 18.2 Å². The fourth-order valence-corrected chi connectivity index (χ4v) is 2.90. The average molecular weight is 281 g/mol. The fraction of sp³-hybridized carbons (Fsp3) is 0. The topological polar surface area (TPSA) is 20.2 Å². The maximum absolute atomic E-state index is 9.76. The van der Waals surface area contributed by atoms with Crippen LogP contribution in [0, 0.1) is 0 Å². The number of phenols is 1. The summed E-state index contributed by atoms with van der Waals surface area (Å²) >= 11 is 0. The van der Waals surface area contributed by atoms with Gasteiger partial charge in [-0.2, -0.15) is 0 Å². The van der Waals surface area contributed by atoms with E-state index in [0.717, 1.165) is 5.39 Å². The van der Waals surface area contributed by atoms with Gasteiger partial charge >= 0.3 is 0 Å². The van der Waals surface area contributed by atoms with Gasteiger partial charge in [0.1, 0.15) is 5.75 Å². The molecule has 98 valence electrons. The predicted octanol–water partition coefficient (Wildman–Crippen LogP) is 5.27. The van der Waals surface area contributed by atoms with Crippen molar-refractivity contribution in [2.45, 2.75) is 0 Å². The number of rotatable bonds is 0. The molecule has 0 amide bonds. The first-order valence-corrected chi connectivity index (χ1v) is 6.37. The zero-order valence-electron chi connectivity index (χ0n) is 10.7. The lowest BCUT2D eigenvalue weighted by atomic mass is 9.94. The summed E-state index contributed by atoms with van der Waals surface area (Å²) in [5.74, 6) is 0.313. The van der Waals surface area contributed by atoms with E-state index in [4.69, 9.17) is 0 Å². The monoisotopic (exact) mass is 280 g/mol. The molecule has 0 saturated heterocycles. The summed E-state index contributed by atoms with van der Waals surface area (Å²) in [7, 11) is 0. The summed E-state index contributed by atoms with van der Waals surface area (Å²) in [6.07, 6.45) is 0. The number of halogens is 1. The molecule has 0 unspecified atom stereocenters. The van der Waals surface area contributed by atoms with Crippen LogP contribution in [0.4, 0.5) is 0 Å². The predicted molar refractivity (Wildman–Crippen MR) is 87.9 cm³/mol. The van der Waals surface area contributed by atoms with Crippen LogP contribution in [-0.4, -0.2) is 5.11 Å². The Morgan fingerprint density at radius 1 is 0.500 bits per heavy atom. The molecule has 0 bridgehead atoms. The highest BCUT2D eigenvalue weighted by molar-refractivity contribution is 6.25. The van der Waals surface area contributed by atoms with Crippen molar-refractivity contribution < 1.29 is 5.11 Å². The van der Waals surface area contributed by atoms with Crippen molar-refractivity contribution in [2.24, 2.45) is 0 Å². The molecule has 0 saturated carbocycles. The molecule has 0 heterocycles. The van der Waals surface area contributed by atoms with Crippen LogP contribution in [0.15, 0.2) is 66.7 Å². The Kier molecular flexibility index (Phi) is 3.00. The van der Waals surface area contributed by atoms with E-state index in [1.165, 1.54) is 26.9 Å². The summed E-state index contributed by atoms with van der Waals surface area (Å²) in [5, 5.41) is 17.0. The van der Waals surface area contributed by atoms with Crippen LogP contribution >= 0.6 is 12.4 Å². The van der Waals surface area contributed by atoms with Gasteiger partial charge in [0.15, 0.2) is 0 Å². The second kappa shape index (κ2) is 4.69. The van der Waals surface area contributed by atoms with Gasteiger partial charge in [-0.15, -0.1) is 12.4 Å². The Labute approximate surface area is 122 Å². The lowest BCUT2D eigenvalue weighted by Gasteiger charge is -2.10. The van der Waals surface area contributed by atoms with Gasteiger partial charge in [0, 0.05) is 0 Å². The second-order valence-electron chi connectivity index (χ2n) is 4.82. The van der Waals surface area contributed by atoms with E-state index in [0.29, 0.717) is 5.75 Å². The highest BCUT2D eigenvalue weighted by Crippen LogP contribution is 2.36. The van der Waals surface area contributed by atoms with E-state index < -0.39 is 0 Å². The Hall–Kier alpha value is -2.25. The van der Waals surface area contributed by atoms with Crippen LogP contribution < -0.4 is 0 Å². The Bertz CT molecular complexity index is 893. The van der Waals surface area contributed by atoms with Gasteiger partial charge in [-0.1, -0.05) is 54.6 Å². The zero-order valence-corrected chi connectivity index (χ0v) is 11.5. The van der Waals surface area contributed by atoms with E-state index >= 15 is 0 Å². The van der Waals surface area contributed by atoms with Gasteiger partial charge < -0.3 is 5.11 Å². The number of aromatic hydroxyl groups is 1. The maximum atomic E-state index is 9.76. The van der Waals surface area contributed by atoms with Crippen LogP contribution in [0.5, 0.6) is 5.75 Å². The molecule has 0 aliphatic rings. The number of benzene rings is 4. The van der Waals surface area contributed by atoms with E-state index in [2.05, 4.69) is 42.5 Å². The largest absolute Gasteiger partial charge is 0.508 e. The van der Waals surface area contributed by atoms with Gasteiger partial charge in [-0.25, -0.2) is 0 Å². The Morgan fingerprint density at radius 3 is 1.40 bits per heavy atom. The molecule has 0 aliphatic heterocycles. The van der Waals surface area contributed by atoms with Crippen molar-refractivity contribution in [2.75, 3.05) is 0 Å². The molecule has 20 heavy (non-hydrogen) atoms. The molecule has 0 radical (unpaired) electrons. The molecular formula is C18H13ClO. The minimum atomic E-state index is 0. The highest BCUT2D eigenvalue weighted by Gasteiger charge is 2.07. The van der Waals surface area contributed by atoms with Crippen LogP contribution in [0.3, 0.4) is 0 Å². The zero-order chi connectivity index (χ0) is 12.8. The van der Waals surface area contributed by atoms with E-state index in [-0.39, 0.29) is 12.4 Å². The number of hydrogen-bond donors (Lipinski definition) is 1. The molecule has 4 aromatic rings. The van der Waals surface area contributed by atoms with Gasteiger partial charge in [-0.05, 0) is 44.5 Å². The standard InChI is InChI=1S/C18H12O.ClH/c19-12-9-10-17-15-7-2-1-5-13(15)14-6-3-4-8-16(14)18(17)11-12;/h1-11,19H;1H. The molecule has 0 aliphatic carbocycles. The SMILES string of the molecule is Cl.Oc1ccc2c3ccccc3c3ccccc3c2c1. The van der Waals surface area contributed by atoms with Crippen molar-refractivity contribution in [1.29, 1.82) is 0 Å². The number of fused-ring (bicyclic) bond motifs is 6. The van der Waals surface area contributed by atoms with Gasteiger partial charge in [0.2, 0.25) is 0 Å². The summed E-state index contributed by atoms with van der Waals surface area (Å²) in [5.41, 5.74) is 0. The second-order valence-corrected chi connectivity index (χ2v) is 4.82.